The number of β-amino-alcohol motifs (C(OH)–C–C–N with tert-alkyl or cyclic N) is 1. The Kier molecular flexibility index (Phi) is 5.36. The molecule has 1 rings (SSSR count). The molecular weight excluding hydrogens is 220 g/mol. The van der Waals surface area contributed by atoms with Gasteiger partial charge in [-0.3, -0.25) is 9.69 Å². The lowest BCUT2D eigenvalue weighted by molar-refractivity contribution is -0.142. The molecule has 0 unspecified atom stereocenters. The van der Waals surface area contributed by atoms with Gasteiger partial charge >= 0.3 is 0 Å². The fourth-order valence-electron chi connectivity index (χ4n) is 1.91. The van der Waals surface area contributed by atoms with Crippen LogP contribution in [-0.4, -0.2) is 61.4 Å². The summed E-state index contributed by atoms with van der Waals surface area (Å²) < 4.78 is 4.90. The van der Waals surface area contributed by atoms with Crippen LogP contribution < -0.4 is 5.32 Å². The van der Waals surface area contributed by atoms with Gasteiger partial charge in [0, 0.05) is 33.4 Å². The van der Waals surface area contributed by atoms with Crippen molar-refractivity contribution >= 4 is 5.91 Å². The number of likely N-dealkylation sites (tertiary alicyclic amines) is 1. The van der Waals surface area contributed by atoms with E-state index in [0.29, 0.717) is 32.8 Å². The number of hydrogen-bond donors (Lipinski definition) is 2. The Bertz CT molecular complexity index is 250. The third-order valence-corrected chi connectivity index (χ3v) is 3.28. The van der Waals surface area contributed by atoms with Crippen molar-refractivity contribution in [3.63, 3.8) is 0 Å². The molecule has 0 aliphatic carbocycles. The van der Waals surface area contributed by atoms with Gasteiger partial charge in [-0.15, -0.1) is 0 Å². The molecule has 1 amide bonds. The molecule has 0 atom stereocenters. The Morgan fingerprint density at radius 1 is 1.53 bits per heavy atom. The largest absolute Gasteiger partial charge is 0.387 e. The Labute approximate surface area is 103 Å². The second kappa shape index (κ2) is 6.33. The quantitative estimate of drug-likeness (QED) is 0.611. The van der Waals surface area contributed by atoms with Gasteiger partial charge in [0.1, 0.15) is 0 Å². The van der Waals surface area contributed by atoms with Crippen LogP contribution in [0.15, 0.2) is 0 Å². The van der Waals surface area contributed by atoms with E-state index in [0.717, 1.165) is 6.42 Å². The summed E-state index contributed by atoms with van der Waals surface area (Å²) in [5.74, 6) is 0.260. The molecule has 1 fully saturated rings. The van der Waals surface area contributed by atoms with E-state index in [2.05, 4.69) is 5.32 Å². The van der Waals surface area contributed by atoms with Crippen molar-refractivity contribution in [3.8, 4) is 0 Å². The van der Waals surface area contributed by atoms with E-state index in [-0.39, 0.29) is 11.8 Å². The fraction of sp³-hybridized carbons (Fsp3) is 0.917. The number of hydrogen-bond acceptors (Lipinski definition) is 4. The highest BCUT2D eigenvalue weighted by molar-refractivity contribution is 5.78. The Hall–Kier alpha value is -0.650. The molecule has 1 saturated heterocycles. The van der Waals surface area contributed by atoms with Crippen LogP contribution in [0.5, 0.6) is 0 Å². The van der Waals surface area contributed by atoms with Crippen LogP contribution in [0.3, 0.4) is 0 Å². The molecule has 5 heteroatoms. The van der Waals surface area contributed by atoms with Gasteiger partial charge in [-0.2, -0.15) is 0 Å². The van der Waals surface area contributed by atoms with Gasteiger partial charge in [0.15, 0.2) is 0 Å². The van der Waals surface area contributed by atoms with E-state index in [4.69, 9.17) is 4.74 Å². The van der Waals surface area contributed by atoms with Crippen molar-refractivity contribution < 1.29 is 14.6 Å². The zero-order valence-electron chi connectivity index (χ0n) is 11.0. The van der Waals surface area contributed by atoms with Gasteiger partial charge < -0.3 is 15.2 Å². The lowest BCUT2D eigenvalue weighted by Gasteiger charge is -2.48. The number of nitrogens with one attached hydrogen (secondary N) is 1. The second-order valence-electron chi connectivity index (χ2n) is 5.10. The number of methoxy groups -OCH3 is 1. The third-order valence-electron chi connectivity index (χ3n) is 3.28. The minimum Gasteiger partial charge on any atom is -0.387 e. The van der Waals surface area contributed by atoms with Crippen molar-refractivity contribution in [1.82, 2.24) is 10.2 Å². The number of ether oxygens (including phenoxy) is 1. The number of rotatable bonds is 7. The Morgan fingerprint density at radius 3 is 2.71 bits per heavy atom. The molecule has 0 aromatic heterocycles. The van der Waals surface area contributed by atoms with E-state index in [1.165, 1.54) is 0 Å². The second-order valence-corrected chi connectivity index (χ2v) is 5.10. The van der Waals surface area contributed by atoms with Crippen molar-refractivity contribution in [1.29, 1.82) is 0 Å². The number of carbonyl (C=O) groups is 1. The topological polar surface area (TPSA) is 61.8 Å². The van der Waals surface area contributed by atoms with Crippen LogP contribution in [-0.2, 0) is 9.53 Å². The highest BCUT2D eigenvalue weighted by Crippen LogP contribution is 2.27. The monoisotopic (exact) mass is 244 g/mol. The van der Waals surface area contributed by atoms with Crippen LogP contribution in [0, 0.1) is 5.92 Å². The molecule has 1 heterocycles. The Balaban J connectivity index is 2.10. The summed E-state index contributed by atoms with van der Waals surface area (Å²) >= 11 is 0. The maximum absolute atomic E-state index is 11.5. The summed E-state index contributed by atoms with van der Waals surface area (Å²) in [6.07, 6.45) is 0.832. The number of carbonyl (C=O) groups excluding carboxylic acids is 1. The predicted molar refractivity (Wildman–Crippen MR) is 65.7 cm³/mol. The zero-order chi connectivity index (χ0) is 12.9. The lowest BCUT2D eigenvalue weighted by atomic mass is 9.83. The van der Waals surface area contributed by atoms with Crippen molar-refractivity contribution in [2.24, 2.45) is 5.92 Å². The smallest absolute Gasteiger partial charge is 0.234 e. The molecule has 100 valence electrons. The fourth-order valence-corrected chi connectivity index (χ4v) is 1.91. The first-order chi connectivity index (χ1) is 7.98. The van der Waals surface area contributed by atoms with Crippen LogP contribution >= 0.6 is 0 Å². The summed E-state index contributed by atoms with van der Waals surface area (Å²) in [4.78, 5) is 13.5. The van der Waals surface area contributed by atoms with Crippen LogP contribution in [0.2, 0.25) is 0 Å². The molecule has 0 spiro atoms. The van der Waals surface area contributed by atoms with Gasteiger partial charge in [0.2, 0.25) is 5.91 Å². The van der Waals surface area contributed by atoms with E-state index >= 15 is 0 Å². The molecular formula is C12H24N2O3. The van der Waals surface area contributed by atoms with Crippen LogP contribution in [0.25, 0.3) is 0 Å². The van der Waals surface area contributed by atoms with E-state index in [9.17, 15) is 9.90 Å². The predicted octanol–water partition coefficient (Wildman–Crippen LogP) is -0.158. The third kappa shape index (κ3) is 4.26. The molecule has 0 aromatic carbocycles. The summed E-state index contributed by atoms with van der Waals surface area (Å²) in [5, 5.41) is 12.9. The first-order valence-corrected chi connectivity index (χ1v) is 6.18. The molecule has 5 nitrogen and oxygen atoms in total. The summed E-state index contributed by atoms with van der Waals surface area (Å²) in [7, 11) is 1.65. The minimum absolute atomic E-state index is 0.0203. The van der Waals surface area contributed by atoms with Crippen LogP contribution in [0.1, 0.15) is 20.3 Å². The molecule has 0 radical (unpaired) electrons. The standard InChI is InChI=1S/C12H24N2O3/c1-10(2)12(16)8-14(9-12)7-11(15)13-5-4-6-17-3/h10,16H,4-9H2,1-3H3,(H,13,15). The van der Waals surface area contributed by atoms with Crippen molar-refractivity contribution in [3.05, 3.63) is 0 Å². The molecule has 1 aliphatic rings. The lowest BCUT2D eigenvalue weighted by Crippen LogP contribution is -2.65. The average molecular weight is 244 g/mol. The SMILES string of the molecule is COCCCNC(=O)CN1CC(O)(C(C)C)C1. The summed E-state index contributed by atoms with van der Waals surface area (Å²) in [6.45, 7) is 6.88. The number of nitrogens with zero attached hydrogens (tertiary/aromatic N) is 1. The first-order valence-electron chi connectivity index (χ1n) is 6.18. The van der Waals surface area contributed by atoms with Crippen LogP contribution in [0.4, 0.5) is 0 Å². The number of aliphatic hydroxyl groups is 1. The number of amides is 1. The first kappa shape index (κ1) is 14.4. The Morgan fingerprint density at radius 2 is 2.18 bits per heavy atom. The maximum Gasteiger partial charge on any atom is 0.234 e. The van der Waals surface area contributed by atoms with Gasteiger partial charge in [0.25, 0.3) is 0 Å². The normalized spacial score (nSPS) is 19.1. The molecule has 0 bridgehead atoms. The van der Waals surface area contributed by atoms with Gasteiger partial charge in [-0.1, -0.05) is 13.8 Å². The van der Waals surface area contributed by atoms with Gasteiger partial charge in [0.05, 0.1) is 12.1 Å². The van der Waals surface area contributed by atoms with Crippen molar-refractivity contribution in [2.45, 2.75) is 25.9 Å². The van der Waals surface area contributed by atoms with E-state index < -0.39 is 5.60 Å². The highest BCUT2D eigenvalue weighted by Gasteiger charge is 2.43. The molecule has 1 aliphatic heterocycles. The average Bonchev–Trinajstić information content (AvgIpc) is 2.21. The molecule has 0 aromatic rings. The van der Waals surface area contributed by atoms with Gasteiger partial charge in [-0.05, 0) is 12.3 Å². The summed E-state index contributed by atoms with van der Waals surface area (Å²) in [5.41, 5.74) is -0.601. The minimum atomic E-state index is -0.601. The van der Waals surface area contributed by atoms with E-state index in [1.807, 2.05) is 18.7 Å². The highest BCUT2D eigenvalue weighted by atomic mass is 16.5. The van der Waals surface area contributed by atoms with Gasteiger partial charge in [-0.25, -0.2) is 0 Å². The molecule has 0 saturated carbocycles. The summed E-state index contributed by atoms with van der Waals surface area (Å²) in [6, 6.07) is 0. The van der Waals surface area contributed by atoms with Crippen molar-refractivity contribution in [2.75, 3.05) is 39.9 Å². The zero-order valence-corrected chi connectivity index (χ0v) is 11.0. The molecule has 2 N–H and O–H groups in total. The maximum atomic E-state index is 11.5. The van der Waals surface area contributed by atoms with E-state index in [1.54, 1.807) is 7.11 Å². The molecule has 17 heavy (non-hydrogen) atoms.